The second-order valence-electron chi connectivity index (χ2n) is 16.3. The summed E-state index contributed by atoms with van der Waals surface area (Å²) in [5.74, 6) is -2.07. The van der Waals surface area contributed by atoms with Crippen LogP contribution in [0.2, 0.25) is 0 Å². The first-order chi connectivity index (χ1) is 22.7. The fourth-order valence-corrected chi connectivity index (χ4v) is 8.78. The Morgan fingerprint density at radius 2 is 1.61 bits per heavy atom. The van der Waals surface area contributed by atoms with Crippen LogP contribution in [-0.2, 0) is 38.0 Å². The van der Waals surface area contributed by atoms with Crippen LogP contribution in [0.4, 0.5) is 0 Å². The largest absolute Gasteiger partial charge is 0.489 e. The lowest BCUT2D eigenvalue weighted by Crippen LogP contribution is -2.59. The highest BCUT2D eigenvalue weighted by molar-refractivity contribution is 5.73. The van der Waals surface area contributed by atoms with Crippen molar-refractivity contribution >= 4 is 5.97 Å². The van der Waals surface area contributed by atoms with Crippen LogP contribution in [0.25, 0.3) is 0 Å². The molecule has 2 bridgehead atoms. The molecule has 0 aromatic carbocycles. The predicted molar refractivity (Wildman–Crippen MR) is 182 cm³/mol. The van der Waals surface area contributed by atoms with Crippen molar-refractivity contribution in [3.63, 3.8) is 0 Å². The zero-order valence-electron chi connectivity index (χ0n) is 32.1. The van der Waals surface area contributed by atoms with E-state index in [-0.39, 0.29) is 24.7 Å². The van der Waals surface area contributed by atoms with Crippen LogP contribution in [0, 0.1) is 17.8 Å². The Kier molecular flexibility index (Phi) is 12.6. The summed E-state index contributed by atoms with van der Waals surface area (Å²) in [6.07, 6.45) is -4.48. The van der Waals surface area contributed by atoms with Crippen molar-refractivity contribution in [1.29, 1.82) is 0 Å². The Morgan fingerprint density at radius 3 is 2.20 bits per heavy atom. The summed E-state index contributed by atoms with van der Waals surface area (Å²) in [5, 5.41) is 34.9. The van der Waals surface area contributed by atoms with Crippen molar-refractivity contribution in [3.8, 4) is 0 Å². The molecule has 3 N–H and O–H groups in total. The predicted octanol–water partition coefficient (Wildman–Crippen LogP) is 3.92. The van der Waals surface area contributed by atoms with Crippen LogP contribution in [0.15, 0.2) is 11.3 Å². The molecule has 0 aromatic heterocycles. The van der Waals surface area contributed by atoms with E-state index in [1.54, 1.807) is 27.9 Å². The summed E-state index contributed by atoms with van der Waals surface area (Å²) in [4.78, 5) is 16.1. The topological polar surface area (TPSA) is 146 Å². The summed E-state index contributed by atoms with van der Waals surface area (Å²) in [7, 11) is 5.52. The molecule has 49 heavy (non-hydrogen) atoms. The number of cyclic esters (lactones) is 1. The molecule has 0 spiro atoms. The molecular weight excluding hydrogens is 634 g/mol. The van der Waals surface area contributed by atoms with Crippen molar-refractivity contribution < 1.29 is 53.3 Å². The number of nitrogens with zero attached hydrogens (tertiary/aromatic N) is 1. The fraction of sp³-hybridized carbons (Fsp3) is 0.919. The van der Waals surface area contributed by atoms with E-state index in [4.69, 9.17) is 33.2 Å². The Labute approximate surface area is 293 Å². The molecule has 0 radical (unpaired) electrons. The molecule has 0 aromatic rings. The maximum atomic E-state index is 14.1. The molecule has 4 aliphatic rings. The first kappa shape index (κ1) is 40.4. The zero-order valence-corrected chi connectivity index (χ0v) is 32.1. The number of fused-ring (bicyclic) bond motifs is 2. The molecule has 16 atom stereocenters. The summed E-state index contributed by atoms with van der Waals surface area (Å²) in [6.45, 7) is 18.7. The van der Waals surface area contributed by atoms with Gasteiger partial charge in [0, 0.05) is 44.2 Å². The highest BCUT2D eigenvalue weighted by Gasteiger charge is 2.55. The molecule has 0 amide bonds. The number of rotatable bonds is 7. The van der Waals surface area contributed by atoms with E-state index >= 15 is 0 Å². The van der Waals surface area contributed by atoms with Crippen molar-refractivity contribution in [2.45, 2.75) is 179 Å². The second-order valence-corrected chi connectivity index (χ2v) is 16.3. The first-order valence-corrected chi connectivity index (χ1v) is 18.2. The maximum absolute atomic E-state index is 14.1. The molecule has 3 fully saturated rings. The number of ether oxygens (including phenoxy) is 7. The van der Waals surface area contributed by atoms with E-state index in [0.717, 1.165) is 5.57 Å². The highest BCUT2D eigenvalue weighted by Crippen LogP contribution is 2.47. The van der Waals surface area contributed by atoms with E-state index in [0.29, 0.717) is 31.4 Å². The van der Waals surface area contributed by atoms with Gasteiger partial charge in [-0.25, -0.2) is 0 Å². The number of esters is 1. The Morgan fingerprint density at radius 1 is 0.959 bits per heavy atom. The lowest BCUT2D eigenvalue weighted by Gasteiger charge is -2.48. The molecule has 0 saturated carbocycles. The van der Waals surface area contributed by atoms with Gasteiger partial charge in [0.2, 0.25) is 0 Å². The molecular formula is C37H65NO11. The third kappa shape index (κ3) is 8.33. The number of aliphatic hydroxyl groups excluding tert-OH is 2. The molecule has 4 rings (SSSR count). The van der Waals surface area contributed by atoms with Gasteiger partial charge in [0.05, 0.1) is 35.9 Å². The van der Waals surface area contributed by atoms with Gasteiger partial charge >= 0.3 is 5.97 Å². The zero-order chi connectivity index (χ0) is 36.8. The summed E-state index contributed by atoms with van der Waals surface area (Å²) < 4.78 is 45.1. The molecule has 4 heterocycles. The standard InChI is InChI=1S/C37H65NO11/c1-14-26-37(10,42)31(40)22(5)29-19(2)16-36(9,49-29)32(48-34-28(39)25(38(11)12)15-20(3)45-34)23(6)30(24(7)33(41)46-26)47-27-18-35(8,43-13)17-21(4)44-27/h20-28,30-32,34,39-40,42H,14-18H2,1-13H3. The highest BCUT2D eigenvalue weighted by atomic mass is 16.7. The van der Waals surface area contributed by atoms with Crippen molar-refractivity contribution in [2.24, 2.45) is 17.8 Å². The average Bonchev–Trinajstić information content (AvgIpc) is 3.34. The summed E-state index contributed by atoms with van der Waals surface area (Å²) in [5.41, 5.74) is -2.41. The Bertz CT molecular complexity index is 1180. The number of carbonyl (C=O) groups is 1. The third-order valence-corrected chi connectivity index (χ3v) is 11.7. The van der Waals surface area contributed by atoms with Gasteiger partial charge in [-0.3, -0.25) is 4.79 Å². The normalized spacial score (nSPS) is 48.8. The number of hydrogen-bond donors (Lipinski definition) is 3. The van der Waals surface area contributed by atoms with Gasteiger partial charge in [-0.05, 0) is 81.0 Å². The quantitative estimate of drug-likeness (QED) is 0.331. The van der Waals surface area contributed by atoms with Gasteiger partial charge in [-0.15, -0.1) is 0 Å². The van der Waals surface area contributed by atoms with Crippen LogP contribution >= 0.6 is 0 Å². The average molecular weight is 700 g/mol. The molecule has 12 heteroatoms. The molecule has 12 nitrogen and oxygen atoms in total. The Balaban J connectivity index is 1.83. The van der Waals surface area contributed by atoms with Crippen LogP contribution in [-0.4, -0.2) is 126 Å². The maximum Gasteiger partial charge on any atom is 0.311 e. The van der Waals surface area contributed by atoms with Gasteiger partial charge in [0.1, 0.15) is 35.3 Å². The summed E-state index contributed by atoms with van der Waals surface area (Å²) >= 11 is 0. The number of hydrogen-bond acceptors (Lipinski definition) is 12. The van der Waals surface area contributed by atoms with Crippen LogP contribution < -0.4 is 0 Å². The molecule has 3 saturated heterocycles. The van der Waals surface area contributed by atoms with E-state index < -0.39 is 83.6 Å². The van der Waals surface area contributed by atoms with Gasteiger partial charge in [0.15, 0.2) is 12.6 Å². The minimum Gasteiger partial charge on any atom is -0.489 e. The lowest BCUT2D eigenvalue weighted by atomic mass is 9.78. The van der Waals surface area contributed by atoms with E-state index in [9.17, 15) is 20.1 Å². The van der Waals surface area contributed by atoms with Gasteiger partial charge in [0.25, 0.3) is 0 Å². The molecule has 4 aliphatic heterocycles. The number of carbonyl (C=O) groups excluding carboxylic acids is 1. The van der Waals surface area contributed by atoms with Crippen molar-refractivity contribution in [2.75, 3.05) is 21.2 Å². The van der Waals surface area contributed by atoms with Crippen LogP contribution in [0.5, 0.6) is 0 Å². The number of aliphatic hydroxyl groups is 3. The van der Waals surface area contributed by atoms with Gasteiger partial charge < -0.3 is 53.4 Å². The Hall–Kier alpha value is -1.35. The fourth-order valence-electron chi connectivity index (χ4n) is 8.78. The minimum atomic E-state index is -1.79. The number of methoxy groups -OCH3 is 1. The van der Waals surface area contributed by atoms with Crippen molar-refractivity contribution in [3.05, 3.63) is 11.3 Å². The van der Waals surface area contributed by atoms with Crippen molar-refractivity contribution in [1.82, 2.24) is 4.90 Å². The van der Waals surface area contributed by atoms with E-state index in [2.05, 4.69) is 0 Å². The monoisotopic (exact) mass is 699 g/mol. The third-order valence-electron chi connectivity index (χ3n) is 11.7. The van der Waals surface area contributed by atoms with Crippen LogP contribution in [0.1, 0.15) is 101 Å². The molecule has 16 unspecified atom stereocenters. The van der Waals surface area contributed by atoms with E-state index in [1.807, 2.05) is 60.5 Å². The molecule has 284 valence electrons. The minimum absolute atomic E-state index is 0.161. The van der Waals surface area contributed by atoms with Gasteiger partial charge in [-0.1, -0.05) is 20.8 Å². The van der Waals surface area contributed by atoms with Gasteiger partial charge in [-0.2, -0.15) is 0 Å². The molecule has 0 aliphatic carbocycles. The number of likely N-dealkylation sites (N-methyl/N-ethyl adjacent to an activating group) is 1. The lowest BCUT2D eigenvalue weighted by molar-refractivity contribution is -0.308. The summed E-state index contributed by atoms with van der Waals surface area (Å²) in [6, 6.07) is -0.209. The smallest absolute Gasteiger partial charge is 0.311 e. The second kappa shape index (κ2) is 15.3. The van der Waals surface area contributed by atoms with Crippen LogP contribution in [0.3, 0.4) is 0 Å². The SMILES string of the molecule is CCC1OC(=O)C(C)C(OC2CC(C)(OC)CC(C)O2)C(C)C(OC2OC(C)CC(N(C)C)C2O)C2(C)CC(C)=C(O2)C(C)C(O)C1(C)O. The van der Waals surface area contributed by atoms with E-state index in [1.165, 1.54) is 6.92 Å². The first-order valence-electron chi connectivity index (χ1n) is 18.2.